The van der Waals surface area contributed by atoms with Gasteiger partial charge in [-0.1, -0.05) is 36.8 Å². The predicted molar refractivity (Wildman–Crippen MR) is 94.9 cm³/mol. The van der Waals surface area contributed by atoms with Gasteiger partial charge in [0.25, 0.3) is 0 Å². The molecule has 2 fully saturated rings. The zero-order chi connectivity index (χ0) is 17.0. The molecule has 0 spiro atoms. The summed E-state index contributed by atoms with van der Waals surface area (Å²) in [6, 6.07) is 9.90. The summed E-state index contributed by atoms with van der Waals surface area (Å²) in [7, 11) is 0. The molecule has 1 saturated heterocycles. The van der Waals surface area contributed by atoms with Gasteiger partial charge >= 0.3 is 0 Å². The Morgan fingerprint density at radius 1 is 1.21 bits per heavy atom. The maximum absolute atomic E-state index is 11.6. The lowest BCUT2D eigenvalue weighted by Crippen LogP contribution is -2.58. The van der Waals surface area contributed by atoms with E-state index in [9.17, 15) is 5.11 Å². The Kier molecular flexibility index (Phi) is 5.89. The van der Waals surface area contributed by atoms with Crippen molar-refractivity contribution >= 4 is 0 Å². The van der Waals surface area contributed by atoms with Gasteiger partial charge in [-0.25, -0.2) is 5.90 Å². The minimum absolute atomic E-state index is 0.131. The number of aliphatic hydroxyl groups is 1. The summed E-state index contributed by atoms with van der Waals surface area (Å²) in [6.45, 7) is 4.04. The number of piperidine rings is 1. The highest BCUT2D eigenvalue weighted by atomic mass is 16.6. The normalized spacial score (nSPS) is 24.8. The maximum Gasteiger partial charge on any atom is 0.132 e. The molecule has 3 rings (SSSR count). The molecule has 3 atom stereocenters. The molecule has 0 aromatic heterocycles. The minimum Gasteiger partial charge on any atom is -0.383 e. The average Bonchev–Trinajstić information content (AvgIpc) is 2.59. The fraction of sp³-hybridized carbons (Fsp3) is 0.684. The Hall–Kier alpha value is -0.980. The second-order valence-corrected chi connectivity index (χ2v) is 7.35. The van der Waals surface area contributed by atoms with Gasteiger partial charge in [-0.2, -0.15) is 0 Å². The van der Waals surface area contributed by atoms with Crippen LogP contribution in [-0.4, -0.2) is 30.5 Å². The number of nitrogens with two attached hydrogens (primary N) is 1. The molecule has 5 heteroatoms. The monoisotopic (exact) mass is 333 g/mol. The van der Waals surface area contributed by atoms with Gasteiger partial charge in [-0.15, -0.1) is 0 Å². The number of hydrogen-bond acceptors (Lipinski definition) is 5. The molecule has 1 aromatic rings. The highest BCUT2D eigenvalue weighted by Crippen LogP contribution is 2.44. The van der Waals surface area contributed by atoms with Gasteiger partial charge in [-0.05, 0) is 57.2 Å². The third-order valence-electron chi connectivity index (χ3n) is 6.00. The van der Waals surface area contributed by atoms with Gasteiger partial charge in [0, 0.05) is 12.0 Å². The lowest BCUT2D eigenvalue weighted by atomic mass is 9.66. The van der Waals surface area contributed by atoms with Crippen molar-refractivity contribution in [3.63, 3.8) is 0 Å². The number of hydrogen-bond donors (Lipinski definition) is 4. The first-order chi connectivity index (χ1) is 11.7. The van der Waals surface area contributed by atoms with E-state index in [1.165, 1.54) is 6.42 Å². The Labute approximate surface area is 144 Å². The molecule has 1 saturated carbocycles. The summed E-state index contributed by atoms with van der Waals surface area (Å²) in [5.74, 6) is 6.25. The van der Waals surface area contributed by atoms with Crippen molar-refractivity contribution in [2.75, 3.05) is 13.1 Å². The van der Waals surface area contributed by atoms with Crippen molar-refractivity contribution in [3.05, 3.63) is 35.9 Å². The molecule has 1 aliphatic carbocycles. The van der Waals surface area contributed by atoms with Crippen LogP contribution in [0.5, 0.6) is 0 Å². The van der Waals surface area contributed by atoms with Crippen LogP contribution in [0.15, 0.2) is 30.3 Å². The van der Waals surface area contributed by atoms with E-state index in [0.717, 1.165) is 44.3 Å². The summed E-state index contributed by atoms with van der Waals surface area (Å²) >= 11 is 0. The van der Waals surface area contributed by atoms with Crippen molar-refractivity contribution in [1.82, 2.24) is 10.6 Å². The molecule has 1 heterocycles. The van der Waals surface area contributed by atoms with E-state index in [2.05, 4.69) is 17.6 Å². The third kappa shape index (κ3) is 3.51. The number of benzene rings is 1. The average molecular weight is 333 g/mol. The second-order valence-electron chi connectivity index (χ2n) is 7.35. The summed E-state index contributed by atoms with van der Waals surface area (Å²) in [6.07, 6.45) is 5.18. The second kappa shape index (κ2) is 7.93. The Morgan fingerprint density at radius 3 is 2.42 bits per heavy atom. The van der Waals surface area contributed by atoms with Crippen molar-refractivity contribution < 1.29 is 9.94 Å². The lowest BCUT2D eigenvalue weighted by molar-refractivity contribution is -0.108. The molecule has 134 valence electrons. The van der Waals surface area contributed by atoms with Gasteiger partial charge in [0.2, 0.25) is 0 Å². The molecule has 2 aliphatic rings. The molecule has 5 N–H and O–H groups in total. The van der Waals surface area contributed by atoms with Gasteiger partial charge < -0.3 is 10.4 Å². The summed E-state index contributed by atoms with van der Waals surface area (Å²) in [5.41, 5.74) is 0.0965. The first kappa shape index (κ1) is 17.8. The molecule has 3 unspecified atom stereocenters. The minimum atomic E-state index is -0.886. The molecule has 1 aromatic carbocycles. The van der Waals surface area contributed by atoms with Gasteiger partial charge in [0.15, 0.2) is 0 Å². The third-order valence-corrected chi connectivity index (χ3v) is 6.00. The quantitative estimate of drug-likeness (QED) is 0.452. The summed E-state index contributed by atoms with van der Waals surface area (Å²) < 4.78 is 0. The van der Waals surface area contributed by atoms with E-state index in [1.54, 1.807) is 0 Å². The fourth-order valence-electron chi connectivity index (χ4n) is 4.20. The highest BCUT2D eigenvalue weighted by Gasteiger charge is 2.46. The van der Waals surface area contributed by atoms with Crippen LogP contribution in [0.4, 0.5) is 0 Å². The van der Waals surface area contributed by atoms with E-state index in [0.29, 0.717) is 5.92 Å². The number of nitrogens with one attached hydrogen (secondary N) is 2. The highest BCUT2D eigenvalue weighted by molar-refractivity contribution is 5.26. The molecule has 0 amide bonds. The Bertz CT molecular complexity index is 503. The first-order valence-electron chi connectivity index (χ1n) is 9.26. The van der Waals surface area contributed by atoms with Crippen LogP contribution < -0.4 is 16.5 Å². The van der Waals surface area contributed by atoms with E-state index in [1.807, 2.05) is 30.3 Å². The van der Waals surface area contributed by atoms with Crippen LogP contribution in [0.1, 0.15) is 44.6 Å². The van der Waals surface area contributed by atoms with Crippen molar-refractivity contribution in [1.29, 1.82) is 0 Å². The lowest BCUT2D eigenvalue weighted by Gasteiger charge is -2.47. The molecule has 0 radical (unpaired) electrons. The summed E-state index contributed by atoms with van der Waals surface area (Å²) in [5, 5.41) is 18.5. The standard InChI is InChI=1S/C19H31N3O2/c1-14(22-18(24-20)15-10-12-21-13-11-15)19(23,17-8-5-9-17)16-6-3-2-4-7-16/h2-4,6-7,14-15,17-18,21-23H,5,8-13,20H2,1H3. The van der Waals surface area contributed by atoms with Crippen LogP contribution in [-0.2, 0) is 10.4 Å². The molecule has 24 heavy (non-hydrogen) atoms. The van der Waals surface area contributed by atoms with Crippen molar-refractivity contribution in [3.8, 4) is 0 Å². The SMILES string of the molecule is CC(NC(ON)C1CCNCC1)C(O)(c1ccccc1)C1CCC1. The summed E-state index contributed by atoms with van der Waals surface area (Å²) in [4.78, 5) is 5.27. The van der Waals surface area contributed by atoms with Gasteiger partial charge in [0.1, 0.15) is 11.8 Å². The molecular formula is C19H31N3O2. The van der Waals surface area contributed by atoms with E-state index < -0.39 is 5.60 Å². The van der Waals surface area contributed by atoms with Gasteiger partial charge in [0.05, 0.1) is 0 Å². The van der Waals surface area contributed by atoms with E-state index >= 15 is 0 Å². The topological polar surface area (TPSA) is 79.5 Å². The van der Waals surface area contributed by atoms with Crippen LogP contribution in [0.3, 0.4) is 0 Å². The van der Waals surface area contributed by atoms with Crippen LogP contribution >= 0.6 is 0 Å². The van der Waals surface area contributed by atoms with E-state index in [4.69, 9.17) is 10.7 Å². The maximum atomic E-state index is 11.6. The Morgan fingerprint density at radius 2 is 1.88 bits per heavy atom. The molecule has 5 nitrogen and oxygen atoms in total. The van der Waals surface area contributed by atoms with Crippen molar-refractivity contribution in [2.24, 2.45) is 17.7 Å². The van der Waals surface area contributed by atoms with Crippen molar-refractivity contribution in [2.45, 2.75) is 56.9 Å². The van der Waals surface area contributed by atoms with Crippen LogP contribution in [0.25, 0.3) is 0 Å². The largest absolute Gasteiger partial charge is 0.383 e. The van der Waals surface area contributed by atoms with Gasteiger partial charge in [-0.3, -0.25) is 10.2 Å². The van der Waals surface area contributed by atoms with Crippen LogP contribution in [0.2, 0.25) is 0 Å². The predicted octanol–water partition coefficient (Wildman–Crippen LogP) is 1.87. The Balaban J connectivity index is 1.76. The van der Waals surface area contributed by atoms with E-state index in [-0.39, 0.29) is 18.2 Å². The smallest absolute Gasteiger partial charge is 0.132 e. The molecule has 0 bridgehead atoms. The molecular weight excluding hydrogens is 302 g/mol. The zero-order valence-electron chi connectivity index (χ0n) is 14.6. The zero-order valence-corrected chi connectivity index (χ0v) is 14.6. The fourth-order valence-corrected chi connectivity index (χ4v) is 4.20. The van der Waals surface area contributed by atoms with Crippen LogP contribution in [0, 0.1) is 11.8 Å². The number of rotatable bonds is 7. The molecule has 1 aliphatic heterocycles. The first-order valence-corrected chi connectivity index (χ1v) is 9.26.